The van der Waals surface area contributed by atoms with Gasteiger partial charge in [-0.15, -0.1) is 0 Å². The number of aryl methyl sites for hydroxylation is 1. The first-order valence-corrected chi connectivity index (χ1v) is 12.5. The standard InChI is InChI=1S/C15H23N3O2.C14H15FN4O/c1-6-15(19)16-13-8-7-12(20-5)11-14(13)18(4)10-9-17(2)3;1-9-19-13-7-10(6-11(15)14(13)20-9)12(4-5-16-2)18-8-17-3/h6-8,11H,1,9-10H2,2-5H3,(H,16,19);4-7,17H,2,8H2,1,3H3/b;5-4-,18-12+. The molecule has 1 aromatic heterocycles. The predicted molar refractivity (Wildman–Crippen MR) is 162 cm³/mol. The summed E-state index contributed by atoms with van der Waals surface area (Å²) in [6, 6.07) is 8.67. The van der Waals surface area contributed by atoms with Crippen molar-refractivity contribution in [3.63, 3.8) is 0 Å². The molecule has 0 fully saturated rings. The van der Waals surface area contributed by atoms with Gasteiger partial charge in [-0.3, -0.25) is 14.8 Å². The lowest BCUT2D eigenvalue weighted by atomic mass is 10.1. The lowest BCUT2D eigenvalue weighted by Gasteiger charge is -2.24. The molecule has 1 amide bonds. The maximum atomic E-state index is 14.0. The molecule has 0 aliphatic heterocycles. The Kier molecular flexibility index (Phi) is 12.7. The highest BCUT2D eigenvalue weighted by Crippen LogP contribution is 2.30. The van der Waals surface area contributed by atoms with Crippen molar-refractivity contribution < 1.29 is 18.3 Å². The van der Waals surface area contributed by atoms with E-state index in [1.165, 1.54) is 18.3 Å². The van der Waals surface area contributed by atoms with Gasteiger partial charge in [0, 0.05) is 44.9 Å². The molecule has 0 saturated heterocycles. The fourth-order valence-corrected chi connectivity index (χ4v) is 3.49. The number of carbonyl (C=O) groups is 1. The number of hydrogen-bond acceptors (Lipinski definition) is 9. The molecule has 2 aromatic carbocycles. The van der Waals surface area contributed by atoms with Crippen LogP contribution < -0.4 is 20.3 Å². The first-order chi connectivity index (χ1) is 19.1. The molecule has 3 rings (SSSR count). The van der Waals surface area contributed by atoms with Crippen molar-refractivity contribution in [1.82, 2.24) is 15.2 Å². The van der Waals surface area contributed by atoms with Crippen LogP contribution in [-0.2, 0) is 4.79 Å². The topological polar surface area (TPSA) is 108 Å². The minimum absolute atomic E-state index is 0.157. The number of aliphatic imine (C=N–C) groups is 2. The van der Waals surface area contributed by atoms with Crippen molar-refractivity contribution in [3.8, 4) is 5.75 Å². The number of nitrogens with one attached hydrogen (secondary N) is 2. The van der Waals surface area contributed by atoms with Gasteiger partial charge in [-0.25, -0.2) is 9.37 Å². The summed E-state index contributed by atoms with van der Waals surface area (Å²) < 4.78 is 24.5. The number of halogens is 1. The number of ether oxygens (including phenoxy) is 1. The molecule has 3 aromatic rings. The monoisotopic (exact) mass is 551 g/mol. The van der Waals surface area contributed by atoms with Crippen LogP contribution in [0.2, 0.25) is 0 Å². The number of rotatable bonds is 12. The van der Waals surface area contributed by atoms with Crippen molar-refractivity contribution in [1.29, 1.82) is 0 Å². The highest BCUT2D eigenvalue weighted by atomic mass is 19.1. The third-order valence-corrected chi connectivity index (χ3v) is 5.53. The van der Waals surface area contributed by atoms with Crippen LogP contribution >= 0.6 is 0 Å². The third kappa shape index (κ3) is 9.44. The molecule has 0 unspecified atom stereocenters. The molecule has 10 nitrogen and oxygen atoms in total. The maximum Gasteiger partial charge on any atom is 0.247 e. The van der Waals surface area contributed by atoms with Crippen LogP contribution in [0.3, 0.4) is 0 Å². The summed E-state index contributed by atoms with van der Waals surface area (Å²) in [7, 11) is 9.45. The zero-order chi connectivity index (χ0) is 29.7. The van der Waals surface area contributed by atoms with E-state index >= 15 is 0 Å². The van der Waals surface area contributed by atoms with Crippen molar-refractivity contribution in [3.05, 3.63) is 72.5 Å². The van der Waals surface area contributed by atoms with E-state index in [4.69, 9.17) is 9.15 Å². The van der Waals surface area contributed by atoms with Crippen LogP contribution in [0.15, 0.2) is 69.7 Å². The quantitative estimate of drug-likeness (QED) is 0.256. The van der Waals surface area contributed by atoms with Gasteiger partial charge >= 0.3 is 0 Å². The van der Waals surface area contributed by atoms with Crippen LogP contribution in [0.25, 0.3) is 11.1 Å². The van der Waals surface area contributed by atoms with Gasteiger partial charge in [0.1, 0.15) is 11.3 Å². The van der Waals surface area contributed by atoms with E-state index in [2.05, 4.69) is 48.7 Å². The second kappa shape index (κ2) is 15.9. The summed E-state index contributed by atoms with van der Waals surface area (Å²) in [5, 5.41) is 5.72. The number of allylic oxidation sites excluding steroid dienone is 1. The van der Waals surface area contributed by atoms with Crippen LogP contribution in [0.1, 0.15) is 11.5 Å². The Morgan fingerprint density at radius 2 is 1.98 bits per heavy atom. The first kappa shape index (κ1) is 31.9. The minimum atomic E-state index is -0.463. The Labute approximate surface area is 235 Å². The fraction of sp³-hybridized carbons (Fsp3) is 0.310. The van der Waals surface area contributed by atoms with Gasteiger partial charge in [-0.1, -0.05) is 6.58 Å². The summed E-state index contributed by atoms with van der Waals surface area (Å²) in [6.45, 7) is 10.7. The molecular formula is C29H38FN7O3. The van der Waals surface area contributed by atoms with E-state index < -0.39 is 5.82 Å². The normalized spacial score (nSPS) is 11.3. The molecule has 0 spiro atoms. The number of anilines is 2. The van der Waals surface area contributed by atoms with E-state index in [1.807, 2.05) is 39.3 Å². The predicted octanol–water partition coefficient (Wildman–Crippen LogP) is 4.27. The molecule has 11 heteroatoms. The molecule has 2 N–H and O–H groups in total. The summed E-state index contributed by atoms with van der Waals surface area (Å²) in [4.78, 5) is 27.8. The number of oxazole rings is 1. The van der Waals surface area contributed by atoms with Gasteiger partial charge in [0.05, 0.1) is 30.9 Å². The number of hydrogen-bond donors (Lipinski definition) is 2. The third-order valence-electron chi connectivity index (χ3n) is 5.53. The Morgan fingerprint density at radius 1 is 1.23 bits per heavy atom. The van der Waals surface area contributed by atoms with Crippen LogP contribution in [0, 0.1) is 12.7 Å². The number of likely N-dealkylation sites (N-methyl/N-ethyl adjacent to an activating group) is 2. The minimum Gasteiger partial charge on any atom is -0.497 e. The van der Waals surface area contributed by atoms with Gasteiger partial charge in [0.2, 0.25) is 5.91 Å². The molecule has 0 bridgehead atoms. The molecule has 1 heterocycles. The van der Waals surface area contributed by atoms with E-state index in [-0.39, 0.29) is 11.5 Å². The van der Waals surface area contributed by atoms with E-state index in [0.717, 1.165) is 30.2 Å². The summed E-state index contributed by atoms with van der Waals surface area (Å²) in [5.41, 5.74) is 3.49. The number of fused-ring (bicyclic) bond motifs is 1. The lowest BCUT2D eigenvalue weighted by Crippen LogP contribution is -2.29. The number of methoxy groups -OCH3 is 1. The Morgan fingerprint density at radius 3 is 2.60 bits per heavy atom. The van der Waals surface area contributed by atoms with Gasteiger partial charge in [-0.2, -0.15) is 0 Å². The number of aromatic nitrogens is 1. The summed E-state index contributed by atoms with van der Waals surface area (Å²) in [5.74, 6) is 0.494. The van der Waals surface area contributed by atoms with Gasteiger partial charge < -0.3 is 29.6 Å². The van der Waals surface area contributed by atoms with E-state index in [1.54, 1.807) is 33.2 Å². The molecule has 0 aliphatic carbocycles. The largest absolute Gasteiger partial charge is 0.497 e. The summed E-state index contributed by atoms with van der Waals surface area (Å²) in [6.07, 6.45) is 4.43. The maximum absolute atomic E-state index is 14.0. The Balaban J connectivity index is 0.000000280. The van der Waals surface area contributed by atoms with Gasteiger partial charge in [-0.05, 0) is 64.3 Å². The molecule has 40 heavy (non-hydrogen) atoms. The SMILES string of the molecule is C=CC(=O)Nc1ccc(OC)cc1N(C)CCN(C)C.C=N/C=C\C(=N/CNC)c1cc(F)c2oc(C)nc2c1. The summed E-state index contributed by atoms with van der Waals surface area (Å²) >= 11 is 0. The van der Waals surface area contributed by atoms with Crippen molar-refractivity contribution in [2.45, 2.75) is 6.92 Å². The molecule has 0 atom stereocenters. The van der Waals surface area contributed by atoms with Gasteiger partial charge in [0.25, 0.3) is 0 Å². The number of carbonyl (C=O) groups excluding carboxylic acids is 1. The Bertz CT molecular complexity index is 1370. The average molecular weight is 552 g/mol. The number of nitrogens with zero attached hydrogens (tertiary/aromatic N) is 5. The molecule has 214 valence electrons. The van der Waals surface area contributed by atoms with Gasteiger partial charge in [0.15, 0.2) is 17.3 Å². The first-order valence-electron chi connectivity index (χ1n) is 12.5. The van der Waals surface area contributed by atoms with E-state index in [0.29, 0.717) is 29.4 Å². The smallest absolute Gasteiger partial charge is 0.247 e. The molecule has 0 radical (unpaired) electrons. The molecule has 0 saturated carbocycles. The zero-order valence-electron chi connectivity index (χ0n) is 24.0. The lowest BCUT2D eigenvalue weighted by molar-refractivity contribution is -0.111. The van der Waals surface area contributed by atoms with Crippen LogP contribution in [0.5, 0.6) is 5.75 Å². The second-order valence-corrected chi connectivity index (χ2v) is 8.89. The Hall–Kier alpha value is -4.35. The van der Waals surface area contributed by atoms with E-state index in [9.17, 15) is 9.18 Å². The van der Waals surface area contributed by atoms with Crippen molar-refractivity contribution >= 4 is 40.8 Å². The molecule has 0 aliphatic rings. The second-order valence-electron chi connectivity index (χ2n) is 8.89. The number of benzene rings is 2. The molecular weight excluding hydrogens is 513 g/mol. The van der Waals surface area contributed by atoms with Crippen molar-refractivity contribution in [2.75, 3.05) is 65.3 Å². The average Bonchev–Trinajstić information content (AvgIpc) is 3.33. The van der Waals surface area contributed by atoms with Crippen LogP contribution in [-0.4, -0.2) is 83.3 Å². The highest BCUT2D eigenvalue weighted by Gasteiger charge is 2.13. The fourth-order valence-electron chi connectivity index (χ4n) is 3.49. The highest BCUT2D eigenvalue weighted by molar-refractivity contribution is 6.10. The van der Waals surface area contributed by atoms with Crippen molar-refractivity contribution in [2.24, 2.45) is 9.98 Å². The number of amides is 1. The van der Waals surface area contributed by atoms with Crippen LogP contribution in [0.4, 0.5) is 15.8 Å². The zero-order valence-corrected chi connectivity index (χ0v) is 24.0.